The first kappa shape index (κ1) is 21.3. The maximum absolute atomic E-state index is 12.3. The fourth-order valence-corrected chi connectivity index (χ4v) is 3.05. The highest BCUT2D eigenvalue weighted by molar-refractivity contribution is 6.33. The van der Waals surface area contributed by atoms with Gasteiger partial charge in [0.15, 0.2) is 6.61 Å². The smallest absolute Gasteiger partial charge is 0.311 e. The number of carbonyl (C=O) groups excluding carboxylic acids is 4. The number of hydrogen-bond acceptors (Lipinski definition) is 5. The van der Waals surface area contributed by atoms with Crippen LogP contribution in [0.2, 0.25) is 5.02 Å². The number of benzene rings is 2. The average Bonchev–Trinajstić information content (AvgIpc) is 3.09. The molecular formula is C21H20ClN3O5. The van der Waals surface area contributed by atoms with Crippen LogP contribution in [-0.4, -0.2) is 41.9 Å². The molecule has 156 valence electrons. The molecule has 9 heteroatoms. The van der Waals surface area contributed by atoms with Gasteiger partial charge in [-0.15, -0.1) is 0 Å². The molecule has 1 heterocycles. The van der Waals surface area contributed by atoms with Crippen LogP contribution < -0.4 is 10.7 Å². The zero-order chi connectivity index (χ0) is 21.7. The van der Waals surface area contributed by atoms with Gasteiger partial charge in [-0.1, -0.05) is 41.4 Å². The Kier molecular flexibility index (Phi) is 6.68. The molecule has 1 aliphatic rings. The fourth-order valence-electron chi connectivity index (χ4n) is 2.87. The van der Waals surface area contributed by atoms with E-state index in [1.54, 1.807) is 48.5 Å². The van der Waals surface area contributed by atoms with E-state index in [9.17, 15) is 19.2 Å². The van der Waals surface area contributed by atoms with Crippen LogP contribution in [0.4, 0.5) is 5.69 Å². The molecule has 1 fully saturated rings. The molecule has 2 aromatic carbocycles. The van der Waals surface area contributed by atoms with Crippen molar-refractivity contribution in [3.8, 4) is 0 Å². The number of rotatable bonds is 6. The zero-order valence-electron chi connectivity index (χ0n) is 16.2. The van der Waals surface area contributed by atoms with Gasteiger partial charge in [-0.3, -0.25) is 29.6 Å². The molecule has 0 spiro atoms. The number of carbonyl (C=O) groups is 4. The Hall–Kier alpha value is -3.39. The van der Waals surface area contributed by atoms with E-state index in [4.69, 9.17) is 16.3 Å². The molecule has 0 bridgehead atoms. The van der Waals surface area contributed by atoms with Crippen LogP contribution in [0.15, 0.2) is 48.5 Å². The number of hydrazine groups is 1. The normalized spacial score (nSPS) is 15.6. The van der Waals surface area contributed by atoms with E-state index in [0.29, 0.717) is 16.3 Å². The number of aryl methyl sites for hydroxylation is 1. The Bertz CT molecular complexity index is 977. The van der Waals surface area contributed by atoms with Gasteiger partial charge in [0.05, 0.1) is 23.2 Å². The second-order valence-corrected chi connectivity index (χ2v) is 7.26. The van der Waals surface area contributed by atoms with Gasteiger partial charge in [0.25, 0.3) is 11.8 Å². The number of hydrogen-bond donors (Lipinski definition) is 2. The Morgan fingerprint density at radius 2 is 1.83 bits per heavy atom. The quantitative estimate of drug-likeness (QED) is 0.686. The number of nitrogens with one attached hydrogen (secondary N) is 2. The summed E-state index contributed by atoms with van der Waals surface area (Å²) in [6.07, 6.45) is -0.112. The predicted molar refractivity (Wildman–Crippen MR) is 110 cm³/mol. The molecule has 1 saturated heterocycles. The number of halogens is 1. The van der Waals surface area contributed by atoms with E-state index >= 15 is 0 Å². The maximum atomic E-state index is 12.3. The van der Waals surface area contributed by atoms with Crippen LogP contribution >= 0.6 is 11.6 Å². The number of anilines is 1. The minimum atomic E-state index is -0.774. The topological polar surface area (TPSA) is 105 Å². The predicted octanol–water partition coefficient (Wildman–Crippen LogP) is 2.32. The van der Waals surface area contributed by atoms with Crippen molar-refractivity contribution in [3.63, 3.8) is 0 Å². The summed E-state index contributed by atoms with van der Waals surface area (Å²) in [6, 6.07) is 13.5. The third-order valence-electron chi connectivity index (χ3n) is 4.50. The summed E-state index contributed by atoms with van der Waals surface area (Å²) in [5.74, 6) is -2.87. The van der Waals surface area contributed by atoms with Gasteiger partial charge in [0.2, 0.25) is 5.91 Å². The lowest BCUT2D eigenvalue weighted by Crippen LogP contribution is -2.43. The van der Waals surface area contributed by atoms with Gasteiger partial charge < -0.3 is 10.1 Å². The molecule has 0 aromatic heterocycles. The Balaban J connectivity index is 1.48. The lowest BCUT2D eigenvalue weighted by Gasteiger charge is -2.17. The number of para-hydroxylation sites is 1. The van der Waals surface area contributed by atoms with Gasteiger partial charge in [0.1, 0.15) is 0 Å². The first-order valence-electron chi connectivity index (χ1n) is 9.22. The molecule has 1 aliphatic heterocycles. The zero-order valence-corrected chi connectivity index (χ0v) is 16.9. The van der Waals surface area contributed by atoms with Crippen molar-refractivity contribution in [2.45, 2.75) is 13.3 Å². The second kappa shape index (κ2) is 9.41. The van der Waals surface area contributed by atoms with Crippen molar-refractivity contribution < 1.29 is 23.9 Å². The first-order chi connectivity index (χ1) is 14.3. The van der Waals surface area contributed by atoms with Crippen LogP contribution in [0.5, 0.6) is 0 Å². The molecule has 8 nitrogen and oxygen atoms in total. The molecule has 0 radical (unpaired) electrons. The molecule has 3 amide bonds. The Morgan fingerprint density at radius 3 is 2.53 bits per heavy atom. The molecule has 30 heavy (non-hydrogen) atoms. The molecule has 3 rings (SSSR count). The van der Waals surface area contributed by atoms with Gasteiger partial charge >= 0.3 is 5.97 Å². The van der Waals surface area contributed by atoms with E-state index in [0.717, 1.165) is 10.6 Å². The standard InChI is InChI=1S/C21H20ClN3O5/c1-13-6-8-14(9-7-13)20(28)24-25-11-15(10-19(25)27)21(29)30-12-18(26)23-17-5-3-2-4-16(17)22/h2-9,15H,10-12H2,1H3,(H,23,26)(H,24,28)/t15-/m1/s1. The minimum Gasteiger partial charge on any atom is -0.455 e. The van der Waals surface area contributed by atoms with E-state index in [1.165, 1.54) is 0 Å². The molecule has 1 atom stereocenters. The lowest BCUT2D eigenvalue weighted by molar-refractivity contribution is -0.151. The molecule has 2 aromatic rings. The average molecular weight is 430 g/mol. The molecule has 0 saturated carbocycles. The largest absolute Gasteiger partial charge is 0.455 e. The van der Waals surface area contributed by atoms with Crippen LogP contribution in [0.1, 0.15) is 22.3 Å². The molecule has 0 unspecified atom stereocenters. The number of nitrogens with zero attached hydrogens (tertiary/aromatic N) is 1. The highest BCUT2D eigenvalue weighted by Gasteiger charge is 2.36. The van der Waals surface area contributed by atoms with Gasteiger partial charge in [-0.05, 0) is 31.2 Å². The summed E-state index contributed by atoms with van der Waals surface area (Å²) < 4.78 is 5.01. The summed E-state index contributed by atoms with van der Waals surface area (Å²) in [4.78, 5) is 48.6. The summed E-state index contributed by atoms with van der Waals surface area (Å²) in [7, 11) is 0. The summed E-state index contributed by atoms with van der Waals surface area (Å²) in [5.41, 5.74) is 4.30. The van der Waals surface area contributed by atoms with E-state index in [2.05, 4.69) is 10.7 Å². The van der Waals surface area contributed by atoms with Crippen LogP contribution in [0, 0.1) is 12.8 Å². The lowest BCUT2D eigenvalue weighted by atomic mass is 10.1. The molecule has 0 aliphatic carbocycles. The monoisotopic (exact) mass is 429 g/mol. The summed E-state index contributed by atoms with van der Waals surface area (Å²) in [6.45, 7) is 1.36. The summed E-state index contributed by atoms with van der Waals surface area (Å²) >= 11 is 5.96. The van der Waals surface area contributed by atoms with E-state index in [1.807, 2.05) is 6.92 Å². The summed E-state index contributed by atoms with van der Waals surface area (Å²) in [5, 5.41) is 3.99. The highest BCUT2D eigenvalue weighted by Crippen LogP contribution is 2.21. The van der Waals surface area contributed by atoms with Crippen molar-refractivity contribution >= 4 is 41.0 Å². The number of amides is 3. The Labute approximate surface area is 178 Å². The van der Waals surface area contributed by atoms with Gasteiger partial charge in [-0.25, -0.2) is 0 Å². The maximum Gasteiger partial charge on any atom is 0.311 e. The molecular weight excluding hydrogens is 410 g/mol. The van der Waals surface area contributed by atoms with E-state index in [-0.39, 0.29) is 13.0 Å². The number of esters is 1. The number of ether oxygens (including phenoxy) is 1. The van der Waals surface area contributed by atoms with Crippen molar-refractivity contribution in [3.05, 3.63) is 64.7 Å². The van der Waals surface area contributed by atoms with Crippen molar-refractivity contribution in [2.24, 2.45) is 5.92 Å². The van der Waals surface area contributed by atoms with Crippen LogP contribution in [0.3, 0.4) is 0 Å². The van der Waals surface area contributed by atoms with Gasteiger partial charge in [0, 0.05) is 12.0 Å². The third-order valence-corrected chi connectivity index (χ3v) is 4.83. The SMILES string of the molecule is Cc1ccc(C(=O)NN2C[C@H](C(=O)OCC(=O)Nc3ccccc3Cl)CC2=O)cc1. The third kappa shape index (κ3) is 5.36. The fraction of sp³-hybridized carbons (Fsp3) is 0.238. The first-order valence-corrected chi connectivity index (χ1v) is 9.60. The van der Waals surface area contributed by atoms with Crippen molar-refractivity contribution in [1.29, 1.82) is 0 Å². The van der Waals surface area contributed by atoms with Crippen molar-refractivity contribution in [1.82, 2.24) is 10.4 Å². The minimum absolute atomic E-state index is 0.0264. The van der Waals surface area contributed by atoms with E-state index < -0.39 is 36.2 Å². The highest BCUT2D eigenvalue weighted by atomic mass is 35.5. The Morgan fingerprint density at radius 1 is 1.13 bits per heavy atom. The van der Waals surface area contributed by atoms with Gasteiger partial charge in [-0.2, -0.15) is 0 Å². The van der Waals surface area contributed by atoms with Crippen molar-refractivity contribution in [2.75, 3.05) is 18.5 Å². The molecule has 2 N–H and O–H groups in total. The second-order valence-electron chi connectivity index (χ2n) is 6.85. The van der Waals surface area contributed by atoms with Crippen LogP contribution in [-0.2, 0) is 19.1 Å². The van der Waals surface area contributed by atoms with Crippen LogP contribution in [0.25, 0.3) is 0 Å².